The first-order valence-corrected chi connectivity index (χ1v) is 5.91. The van der Waals surface area contributed by atoms with Crippen molar-refractivity contribution >= 4 is 16.9 Å². The van der Waals surface area contributed by atoms with Crippen molar-refractivity contribution in [2.24, 2.45) is 7.05 Å². The number of aromatic hydroxyl groups is 1. The van der Waals surface area contributed by atoms with Gasteiger partial charge < -0.3 is 14.4 Å². The Morgan fingerprint density at radius 1 is 1.53 bits per heavy atom. The molecule has 2 rings (SSSR count). The number of fused-ring (bicyclic) bond motifs is 1. The summed E-state index contributed by atoms with van der Waals surface area (Å²) < 4.78 is 6.02. The highest BCUT2D eigenvalue weighted by Gasteiger charge is 2.21. The molecule has 0 radical (unpaired) electrons. The third-order valence-corrected chi connectivity index (χ3v) is 2.76. The highest BCUT2D eigenvalue weighted by molar-refractivity contribution is 5.98. The molecule has 0 aliphatic heterocycles. The summed E-state index contributed by atoms with van der Waals surface area (Å²) in [7, 11) is 1.40. The Balaban J connectivity index is 2.68. The molecule has 2 heterocycles. The van der Waals surface area contributed by atoms with Crippen molar-refractivity contribution in [3.63, 3.8) is 0 Å². The molecule has 0 saturated heterocycles. The predicted octanol–water partition coefficient (Wildman–Crippen LogP) is 1.21. The van der Waals surface area contributed by atoms with E-state index in [9.17, 15) is 14.7 Å². The summed E-state index contributed by atoms with van der Waals surface area (Å²) >= 11 is 0. The first-order valence-electron chi connectivity index (χ1n) is 5.91. The van der Waals surface area contributed by atoms with Crippen LogP contribution in [0.25, 0.3) is 10.9 Å². The van der Waals surface area contributed by atoms with E-state index in [1.54, 1.807) is 6.07 Å². The van der Waals surface area contributed by atoms with Gasteiger partial charge in [-0.2, -0.15) is 0 Å². The Morgan fingerprint density at radius 3 is 2.95 bits per heavy atom. The number of esters is 1. The van der Waals surface area contributed by atoms with Crippen molar-refractivity contribution in [2.45, 2.75) is 13.3 Å². The summed E-state index contributed by atoms with van der Waals surface area (Å²) in [6.45, 7) is 2.09. The largest absolute Gasteiger partial charge is 0.505 e. The molecule has 0 spiro atoms. The number of pyridine rings is 2. The predicted molar refractivity (Wildman–Crippen MR) is 69.2 cm³/mol. The summed E-state index contributed by atoms with van der Waals surface area (Å²) in [5, 5.41) is 10.4. The average molecular weight is 262 g/mol. The third-order valence-electron chi connectivity index (χ3n) is 2.76. The zero-order valence-electron chi connectivity index (χ0n) is 10.7. The van der Waals surface area contributed by atoms with Crippen molar-refractivity contribution in [3.8, 4) is 5.75 Å². The first kappa shape index (κ1) is 13.1. The molecule has 0 atom stereocenters. The molecule has 0 fully saturated rings. The van der Waals surface area contributed by atoms with E-state index >= 15 is 0 Å². The molecule has 19 heavy (non-hydrogen) atoms. The van der Waals surface area contributed by atoms with Crippen molar-refractivity contribution < 1.29 is 14.6 Å². The lowest BCUT2D eigenvalue weighted by atomic mass is 10.2. The van der Waals surface area contributed by atoms with Gasteiger partial charge in [-0.05, 0) is 18.6 Å². The van der Waals surface area contributed by atoms with Crippen LogP contribution in [0.15, 0.2) is 23.1 Å². The van der Waals surface area contributed by atoms with E-state index in [1.165, 1.54) is 19.3 Å². The van der Waals surface area contributed by atoms with Gasteiger partial charge in [0.25, 0.3) is 5.56 Å². The van der Waals surface area contributed by atoms with Crippen LogP contribution in [0.2, 0.25) is 0 Å². The third kappa shape index (κ3) is 2.16. The minimum absolute atomic E-state index is 0.120. The highest BCUT2D eigenvalue weighted by atomic mass is 16.5. The van der Waals surface area contributed by atoms with Crippen LogP contribution in [0, 0.1) is 0 Å². The molecule has 1 N–H and O–H groups in total. The minimum Gasteiger partial charge on any atom is -0.505 e. The number of nitrogens with zero attached hydrogens (tertiary/aromatic N) is 2. The normalized spacial score (nSPS) is 10.6. The number of hydrogen-bond acceptors (Lipinski definition) is 5. The highest BCUT2D eigenvalue weighted by Crippen LogP contribution is 2.25. The maximum absolute atomic E-state index is 12.1. The quantitative estimate of drug-likeness (QED) is 0.841. The molecule has 0 saturated carbocycles. The Hall–Kier alpha value is -2.37. The van der Waals surface area contributed by atoms with E-state index in [-0.39, 0.29) is 29.0 Å². The summed E-state index contributed by atoms with van der Waals surface area (Å²) in [4.78, 5) is 27.9. The van der Waals surface area contributed by atoms with Crippen molar-refractivity contribution in [1.29, 1.82) is 0 Å². The molecule has 0 aromatic carbocycles. The summed E-state index contributed by atoms with van der Waals surface area (Å²) in [6.07, 6.45) is 2.12. The molecular formula is C13H14N2O4. The number of ether oxygens (including phenoxy) is 1. The first-order chi connectivity index (χ1) is 9.07. The van der Waals surface area contributed by atoms with E-state index in [2.05, 4.69) is 4.98 Å². The maximum atomic E-state index is 12.1. The average Bonchev–Trinajstić information content (AvgIpc) is 2.43. The van der Waals surface area contributed by atoms with Gasteiger partial charge in [0.05, 0.1) is 12.0 Å². The van der Waals surface area contributed by atoms with Gasteiger partial charge in [0.2, 0.25) is 0 Å². The van der Waals surface area contributed by atoms with Gasteiger partial charge in [0.1, 0.15) is 5.52 Å². The minimum atomic E-state index is -0.718. The Kier molecular flexibility index (Phi) is 3.50. The van der Waals surface area contributed by atoms with Crippen molar-refractivity contribution in [3.05, 3.63) is 34.4 Å². The lowest BCUT2D eigenvalue weighted by molar-refractivity contribution is 0.0489. The second-order valence-corrected chi connectivity index (χ2v) is 4.10. The van der Waals surface area contributed by atoms with E-state index in [4.69, 9.17) is 4.74 Å². The van der Waals surface area contributed by atoms with Gasteiger partial charge >= 0.3 is 5.97 Å². The number of carbonyl (C=O) groups is 1. The van der Waals surface area contributed by atoms with E-state index < -0.39 is 11.5 Å². The molecule has 2 aromatic heterocycles. The standard InChI is InChI=1S/C13H14N2O4/c1-3-7-19-13(18)10-11(16)8-5-4-6-14-9(8)12(17)15(10)2/h4-6,16H,3,7H2,1-2H3. The number of hydrogen-bond donors (Lipinski definition) is 1. The second-order valence-electron chi connectivity index (χ2n) is 4.10. The van der Waals surface area contributed by atoms with Crippen LogP contribution in [0.5, 0.6) is 5.75 Å². The fourth-order valence-corrected chi connectivity index (χ4v) is 1.81. The zero-order valence-corrected chi connectivity index (χ0v) is 10.7. The monoisotopic (exact) mass is 262 g/mol. The molecule has 0 amide bonds. The molecule has 0 unspecified atom stereocenters. The second kappa shape index (κ2) is 5.09. The molecule has 2 aromatic rings. The number of carbonyl (C=O) groups excluding carboxylic acids is 1. The van der Waals surface area contributed by atoms with Gasteiger partial charge in [0.15, 0.2) is 11.4 Å². The van der Waals surface area contributed by atoms with Gasteiger partial charge in [-0.1, -0.05) is 6.92 Å². The van der Waals surface area contributed by atoms with Gasteiger partial charge in [0, 0.05) is 13.2 Å². The number of rotatable bonds is 3. The lowest BCUT2D eigenvalue weighted by Crippen LogP contribution is -2.25. The molecular weight excluding hydrogens is 248 g/mol. The van der Waals surface area contributed by atoms with Gasteiger partial charge in [-0.3, -0.25) is 9.78 Å². The Bertz CT molecular complexity index is 691. The van der Waals surface area contributed by atoms with E-state index in [1.807, 2.05) is 6.92 Å². The maximum Gasteiger partial charge on any atom is 0.358 e. The fraction of sp³-hybridized carbons (Fsp3) is 0.308. The van der Waals surface area contributed by atoms with E-state index in [0.717, 1.165) is 4.57 Å². The molecule has 100 valence electrons. The van der Waals surface area contributed by atoms with Gasteiger partial charge in [-0.25, -0.2) is 4.79 Å². The van der Waals surface area contributed by atoms with Crippen LogP contribution in [-0.4, -0.2) is 27.2 Å². The molecule has 6 nitrogen and oxygen atoms in total. The summed E-state index contributed by atoms with van der Waals surface area (Å²) in [5.41, 5.74) is -0.481. The van der Waals surface area contributed by atoms with Gasteiger partial charge in [-0.15, -0.1) is 0 Å². The summed E-state index contributed by atoms with van der Waals surface area (Å²) in [5.74, 6) is -1.00. The smallest absolute Gasteiger partial charge is 0.358 e. The Morgan fingerprint density at radius 2 is 2.26 bits per heavy atom. The fourth-order valence-electron chi connectivity index (χ4n) is 1.81. The summed E-state index contributed by atoms with van der Waals surface area (Å²) in [6, 6.07) is 3.12. The van der Waals surface area contributed by atoms with Crippen LogP contribution < -0.4 is 5.56 Å². The van der Waals surface area contributed by atoms with Crippen LogP contribution in [0.4, 0.5) is 0 Å². The van der Waals surface area contributed by atoms with Crippen LogP contribution in [-0.2, 0) is 11.8 Å². The molecule has 0 aliphatic rings. The van der Waals surface area contributed by atoms with Crippen molar-refractivity contribution in [2.75, 3.05) is 6.61 Å². The van der Waals surface area contributed by atoms with Crippen LogP contribution >= 0.6 is 0 Å². The van der Waals surface area contributed by atoms with Crippen molar-refractivity contribution in [1.82, 2.24) is 9.55 Å². The van der Waals surface area contributed by atoms with E-state index in [0.29, 0.717) is 6.42 Å². The van der Waals surface area contributed by atoms with Crippen LogP contribution in [0.3, 0.4) is 0 Å². The number of aromatic nitrogens is 2. The Labute approximate surface area is 109 Å². The topological polar surface area (TPSA) is 81.4 Å². The molecule has 6 heteroatoms. The SMILES string of the molecule is CCCOC(=O)c1c(O)c2cccnc2c(=O)n1C. The van der Waals surface area contributed by atoms with Crippen LogP contribution in [0.1, 0.15) is 23.8 Å². The molecule has 0 aliphatic carbocycles. The zero-order chi connectivity index (χ0) is 14.0. The lowest BCUT2D eigenvalue weighted by Gasteiger charge is -2.11. The molecule has 0 bridgehead atoms.